The van der Waals surface area contributed by atoms with Gasteiger partial charge in [-0.15, -0.1) is 0 Å². The summed E-state index contributed by atoms with van der Waals surface area (Å²) in [4.78, 5) is 12.2. The van der Waals surface area contributed by atoms with E-state index >= 15 is 0 Å². The molecule has 2 nitrogen and oxygen atoms in total. The van der Waals surface area contributed by atoms with Crippen LogP contribution in [0.2, 0.25) is 0 Å². The number of aryl methyl sites for hydroxylation is 1. The second-order valence-corrected chi connectivity index (χ2v) is 7.31. The van der Waals surface area contributed by atoms with E-state index in [0.717, 1.165) is 33.8 Å². The molecule has 0 bridgehead atoms. The molecular weight excluding hydrogens is 370 g/mol. The molecule has 0 aliphatic carbocycles. The third kappa shape index (κ3) is 5.65. The number of carbonyl (C=O) groups excluding carboxylic acids is 1. The van der Waals surface area contributed by atoms with Gasteiger partial charge >= 0.3 is 0 Å². The van der Waals surface area contributed by atoms with Gasteiger partial charge in [0.1, 0.15) is 0 Å². The van der Waals surface area contributed by atoms with E-state index in [4.69, 9.17) is 0 Å². The smallest absolute Gasteiger partial charge is 0.251 e. The van der Waals surface area contributed by atoms with Crippen molar-refractivity contribution in [3.05, 3.63) is 33.8 Å². The molecule has 0 spiro atoms. The molecule has 0 heterocycles. The second-order valence-electron chi connectivity index (χ2n) is 5.60. The summed E-state index contributed by atoms with van der Waals surface area (Å²) in [7, 11) is 0. The van der Waals surface area contributed by atoms with Gasteiger partial charge in [-0.2, -0.15) is 0 Å². The molecule has 1 rings (SSSR count). The van der Waals surface area contributed by atoms with Gasteiger partial charge in [0.25, 0.3) is 5.91 Å². The van der Waals surface area contributed by atoms with Crippen LogP contribution in [0.25, 0.3) is 0 Å². The first kappa shape index (κ1) is 16.7. The average Bonchev–Trinajstić information content (AvgIpc) is 2.34. The SMILES string of the molecule is Cc1cc(Br)ccc1C(=O)NCC(C)(C)CCCBr. The molecule has 0 aliphatic heterocycles. The standard InChI is InChI=1S/C15H21Br2NO/c1-11-9-12(17)5-6-13(11)14(19)18-10-15(2,3)7-4-8-16/h5-6,9H,4,7-8,10H2,1-3H3,(H,18,19). The fourth-order valence-electron chi connectivity index (χ4n) is 1.93. The van der Waals surface area contributed by atoms with Crippen LogP contribution in [0.5, 0.6) is 0 Å². The number of hydrogen-bond acceptors (Lipinski definition) is 1. The highest BCUT2D eigenvalue weighted by Gasteiger charge is 2.19. The first-order chi connectivity index (χ1) is 8.85. The topological polar surface area (TPSA) is 29.1 Å². The summed E-state index contributed by atoms with van der Waals surface area (Å²) in [6, 6.07) is 5.73. The quantitative estimate of drug-likeness (QED) is 0.701. The summed E-state index contributed by atoms with van der Waals surface area (Å²) in [6.45, 7) is 7.03. The summed E-state index contributed by atoms with van der Waals surface area (Å²) in [5.41, 5.74) is 1.87. The lowest BCUT2D eigenvalue weighted by atomic mass is 9.88. The number of alkyl halides is 1. The van der Waals surface area contributed by atoms with Crippen LogP contribution in [0.4, 0.5) is 0 Å². The van der Waals surface area contributed by atoms with Crippen LogP contribution in [-0.4, -0.2) is 17.8 Å². The molecule has 1 N–H and O–H groups in total. The molecule has 4 heteroatoms. The predicted octanol–water partition coefficient (Wildman–Crippen LogP) is 4.69. The Morgan fingerprint density at radius 3 is 2.63 bits per heavy atom. The first-order valence-electron chi connectivity index (χ1n) is 6.46. The molecule has 0 aliphatic rings. The van der Waals surface area contributed by atoms with Crippen LogP contribution in [-0.2, 0) is 0 Å². The van der Waals surface area contributed by atoms with E-state index in [1.54, 1.807) is 0 Å². The van der Waals surface area contributed by atoms with Crippen molar-refractivity contribution in [1.29, 1.82) is 0 Å². The highest BCUT2D eigenvalue weighted by atomic mass is 79.9. The van der Waals surface area contributed by atoms with Crippen molar-refractivity contribution in [3.8, 4) is 0 Å². The van der Waals surface area contributed by atoms with E-state index < -0.39 is 0 Å². The Kier molecular flexibility index (Phi) is 6.54. The Labute approximate surface area is 132 Å². The van der Waals surface area contributed by atoms with Crippen molar-refractivity contribution >= 4 is 37.8 Å². The largest absolute Gasteiger partial charge is 0.351 e. The van der Waals surface area contributed by atoms with E-state index in [-0.39, 0.29) is 11.3 Å². The number of benzene rings is 1. The predicted molar refractivity (Wildman–Crippen MR) is 88.0 cm³/mol. The van der Waals surface area contributed by atoms with Gasteiger partial charge < -0.3 is 5.32 Å². The van der Waals surface area contributed by atoms with Gasteiger partial charge in [0.2, 0.25) is 0 Å². The van der Waals surface area contributed by atoms with Crippen LogP contribution in [0.15, 0.2) is 22.7 Å². The molecular formula is C15H21Br2NO. The number of amides is 1. The third-order valence-electron chi connectivity index (χ3n) is 3.15. The van der Waals surface area contributed by atoms with Crippen molar-refractivity contribution in [2.45, 2.75) is 33.6 Å². The third-order valence-corrected chi connectivity index (χ3v) is 4.20. The lowest BCUT2D eigenvalue weighted by Crippen LogP contribution is -2.34. The molecule has 0 atom stereocenters. The van der Waals surface area contributed by atoms with Gasteiger partial charge in [-0.25, -0.2) is 0 Å². The zero-order valence-electron chi connectivity index (χ0n) is 11.7. The minimum atomic E-state index is 0.0110. The summed E-state index contributed by atoms with van der Waals surface area (Å²) < 4.78 is 0.999. The number of nitrogens with one attached hydrogen (secondary N) is 1. The molecule has 1 aromatic carbocycles. The Hall–Kier alpha value is -0.350. The van der Waals surface area contributed by atoms with Gasteiger partial charge in [-0.05, 0) is 48.9 Å². The molecule has 0 saturated carbocycles. The van der Waals surface area contributed by atoms with E-state index in [2.05, 4.69) is 51.0 Å². The van der Waals surface area contributed by atoms with E-state index in [1.165, 1.54) is 0 Å². The van der Waals surface area contributed by atoms with Crippen LogP contribution < -0.4 is 5.32 Å². The summed E-state index contributed by atoms with van der Waals surface area (Å²) >= 11 is 6.85. The molecule has 19 heavy (non-hydrogen) atoms. The van der Waals surface area contributed by atoms with Gasteiger partial charge in [-0.1, -0.05) is 45.7 Å². The zero-order valence-corrected chi connectivity index (χ0v) is 14.9. The molecule has 0 fully saturated rings. The number of carbonyl (C=O) groups is 1. The minimum Gasteiger partial charge on any atom is -0.351 e. The van der Waals surface area contributed by atoms with Crippen LogP contribution in [0, 0.1) is 12.3 Å². The van der Waals surface area contributed by atoms with Crippen molar-refractivity contribution in [2.75, 3.05) is 11.9 Å². The molecule has 106 valence electrons. The van der Waals surface area contributed by atoms with Crippen LogP contribution in [0.1, 0.15) is 42.6 Å². The number of rotatable bonds is 6. The van der Waals surface area contributed by atoms with E-state index in [0.29, 0.717) is 6.54 Å². The summed E-state index contributed by atoms with van der Waals surface area (Å²) in [5, 5.41) is 4.05. The van der Waals surface area contributed by atoms with Gasteiger partial charge in [0.05, 0.1) is 0 Å². The normalized spacial score (nSPS) is 11.4. The maximum atomic E-state index is 12.2. The van der Waals surface area contributed by atoms with Crippen molar-refractivity contribution in [3.63, 3.8) is 0 Å². The summed E-state index contributed by atoms with van der Waals surface area (Å²) in [6.07, 6.45) is 2.22. The van der Waals surface area contributed by atoms with Gasteiger partial charge in [0, 0.05) is 21.9 Å². The fraction of sp³-hybridized carbons (Fsp3) is 0.533. The minimum absolute atomic E-state index is 0.0110. The van der Waals surface area contributed by atoms with Crippen LogP contribution in [0.3, 0.4) is 0 Å². The van der Waals surface area contributed by atoms with Gasteiger partial charge in [-0.3, -0.25) is 4.79 Å². The fourth-order valence-corrected chi connectivity index (χ4v) is 2.69. The maximum absolute atomic E-state index is 12.2. The van der Waals surface area contributed by atoms with Crippen molar-refractivity contribution in [2.24, 2.45) is 5.41 Å². The molecule has 0 saturated heterocycles. The highest BCUT2D eigenvalue weighted by molar-refractivity contribution is 9.10. The van der Waals surface area contributed by atoms with Gasteiger partial charge in [0.15, 0.2) is 0 Å². The zero-order chi connectivity index (χ0) is 14.5. The highest BCUT2D eigenvalue weighted by Crippen LogP contribution is 2.22. The molecule has 1 amide bonds. The van der Waals surface area contributed by atoms with Crippen LogP contribution >= 0.6 is 31.9 Å². The average molecular weight is 391 g/mol. The van der Waals surface area contributed by atoms with E-state index in [9.17, 15) is 4.79 Å². The Morgan fingerprint density at radius 1 is 1.37 bits per heavy atom. The Balaban J connectivity index is 2.60. The number of halogens is 2. The van der Waals surface area contributed by atoms with Crippen molar-refractivity contribution < 1.29 is 4.79 Å². The molecule has 0 aromatic heterocycles. The van der Waals surface area contributed by atoms with Crippen molar-refractivity contribution in [1.82, 2.24) is 5.32 Å². The molecule has 0 radical (unpaired) electrons. The second kappa shape index (κ2) is 7.44. The molecule has 1 aromatic rings. The lowest BCUT2D eigenvalue weighted by Gasteiger charge is -2.24. The maximum Gasteiger partial charge on any atom is 0.251 e. The Bertz CT molecular complexity index is 444. The monoisotopic (exact) mass is 389 g/mol. The Morgan fingerprint density at radius 2 is 2.05 bits per heavy atom. The lowest BCUT2D eigenvalue weighted by molar-refractivity contribution is 0.0934. The first-order valence-corrected chi connectivity index (χ1v) is 8.37. The summed E-state index contributed by atoms with van der Waals surface area (Å²) in [5.74, 6) is 0.0110. The number of hydrogen-bond donors (Lipinski definition) is 1. The van der Waals surface area contributed by atoms with E-state index in [1.807, 2.05) is 25.1 Å². The molecule has 0 unspecified atom stereocenters.